The Labute approximate surface area is 184 Å². The number of hydrogen-bond acceptors (Lipinski definition) is 6. The van der Waals surface area contributed by atoms with E-state index in [0.29, 0.717) is 30.7 Å². The lowest BCUT2D eigenvalue weighted by Gasteiger charge is -2.32. The van der Waals surface area contributed by atoms with Crippen LogP contribution in [0.2, 0.25) is 5.02 Å². The summed E-state index contributed by atoms with van der Waals surface area (Å²) in [4.78, 5) is 12.7. The highest BCUT2D eigenvalue weighted by Gasteiger charge is 2.29. The van der Waals surface area contributed by atoms with Crippen molar-refractivity contribution < 1.29 is 8.95 Å². The Kier molecular flexibility index (Phi) is 5.76. The highest BCUT2D eigenvalue weighted by Crippen LogP contribution is 2.34. The maximum Gasteiger partial charge on any atom is 0.227 e. The number of benzene rings is 1. The molecule has 8 heteroatoms. The molecule has 1 fully saturated rings. The minimum atomic E-state index is -1.04. The molecular weight excluding hydrogens is 420 g/mol. The Morgan fingerprint density at radius 1 is 1.20 bits per heavy atom. The largest absolute Gasteiger partial charge is 0.377 e. The van der Waals surface area contributed by atoms with Gasteiger partial charge in [0.1, 0.15) is 4.90 Å². The van der Waals surface area contributed by atoms with Crippen LogP contribution in [0.4, 0.5) is 11.8 Å². The topological polar surface area (TPSA) is 67.4 Å². The van der Waals surface area contributed by atoms with Gasteiger partial charge < -0.3 is 15.0 Å². The summed E-state index contributed by atoms with van der Waals surface area (Å²) in [5.41, 5.74) is 3.31. The first-order chi connectivity index (χ1) is 14.7. The first kappa shape index (κ1) is 20.0. The summed E-state index contributed by atoms with van der Waals surface area (Å²) in [5, 5.41) is 4.22. The van der Waals surface area contributed by atoms with Gasteiger partial charge in [0.25, 0.3) is 0 Å². The van der Waals surface area contributed by atoms with E-state index in [1.165, 1.54) is 5.56 Å². The third-order valence-electron chi connectivity index (χ3n) is 6.02. The number of aryl methyl sites for hydroxylation is 1. The van der Waals surface area contributed by atoms with Crippen molar-refractivity contribution in [1.29, 1.82) is 0 Å². The highest BCUT2D eigenvalue weighted by molar-refractivity contribution is 7.85. The number of nitrogens with one attached hydrogen (secondary N) is 1. The normalized spacial score (nSPS) is 22.0. The van der Waals surface area contributed by atoms with Gasteiger partial charge in [-0.15, -0.1) is 0 Å². The van der Waals surface area contributed by atoms with Crippen molar-refractivity contribution in [2.24, 2.45) is 0 Å². The van der Waals surface area contributed by atoms with Crippen LogP contribution in [-0.4, -0.2) is 46.2 Å². The van der Waals surface area contributed by atoms with Gasteiger partial charge in [-0.2, -0.15) is 4.98 Å². The fourth-order valence-corrected chi connectivity index (χ4v) is 5.88. The molecule has 4 heterocycles. The van der Waals surface area contributed by atoms with E-state index in [9.17, 15) is 4.21 Å². The molecule has 1 atom stereocenters. The number of ether oxygens (including phenoxy) is 1. The van der Waals surface area contributed by atoms with Crippen LogP contribution >= 0.6 is 11.6 Å². The van der Waals surface area contributed by atoms with Crippen molar-refractivity contribution in [3.05, 3.63) is 52.3 Å². The predicted molar refractivity (Wildman–Crippen MR) is 120 cm³/mol. The van der Waals surface area contributed by atoms with Gasteiger partial charge in [0.15, 0.2) is 5.82 Å². The highest BCUT2D eigenvalue weighted by atomic mass is 35.5. The van der Waals surface area contributed by atoms with E-state index < -0.39 is 10.8 Å². The van der Waals surface area contributed by atoms with Gasteiger partial charge in [-0.05, 0) is 42.5 Å². The maximum atomic E-state index is 12.6. The summed E-state index contributed by atoms with van der Waals surface area (Å²) in [7, 11) is -1.04. The van der Waals surface area contributed by atoms with Crippen molar-refractivity contribution in [3.8, 4) is 0 Å². The van der Waals surface area contributed by atoms with E-state index in [-0.39, 0.29) is 0 Å². The zero-order valence-corrected chi connectivity index (χ0v) is 18.3. The van der Waals surface area contributed by atoms with Gasteiger partial charge in [0.2, 0.25) is 5.95 Å². The third-order valence-corrected chi connectivity index (χ3v) is 7.71. The average molecular weight is 445 g/mol. The Balaban J connectivity index is 1.37. The summed E-state index contributed by atoms with van der Waals surface area (Å²) in [6, 6.07) is 8.19. The Bertz CT molecular complexity index is 1000. The number of fused-ring (bicyclic) bond motifs is 1. The molecule has 3 aliphatic heterocycles. The maximum absolute atomic E-state index is 12.6. The van der Waals surface area contributed by atoms with Crippen LogP contribution in [0.25, 0.3) is 0 Å². The van der Waals surface area contributed by atoms with Crippen LogP contribution in [0, 0.1) is 0 Å². The fraction of sp³-hybridized carbons (Fsp3) is 0.455. The minimum absolute atomic E-state index is 0.506. The van der Waals surface area contributed by atoms with Crippen LogP contribution in [0.5, 0.6) is 0 Å². The van der Waals surface area contributed by atoms with Gasteiger partial charge >= 0.3 is 0 Å². The molecule has 1 unspecified atom stereocenters. The molecule has 0 saturated carbocycles. The van der Waals surface area contributed by atoms with Crippen LogP contribution in [0.3, 0.4) is 0 Å². The second kappa shape index (κ2) is 8.65. The Hall–Kier alpha value is -1.96. The fourth-order valence-electron chi connectivity index (χ4n) is 4.38. The van der Waals surface area contributed by atoms with Crippen molar-refractivity contribution in [2.45, 2.75) is 36.5 Å². The minimum Gasteiger partial charge on any atom is -0.377 e. The van der Waals surface area contributed by atoms with Crippen molar-refractivity contribution in [1.82, 2.24) is 9.97 Å². The molecule has 1 saturated heterocycles. The van der Waals surface area contributed by atoms with Gasteiger partial charge in [-0.25, -0.2) is 4.98 Å². The summed E-state index contributed by atoms with van der Waals surface area (Å²) >= 11 is 6.18. The summed E-state index contributed by atoms with van der Waals surface area (Å²) < 4.78 is 18.0. The van der Waals surface area contributed by atoms with E-state index >= 15 is 0 Å². The summed E-state index contributed by atoms with van der Waals surface area (Å²) in [6.45, 7) is 3.09. The van der Waals surface area contributed by atoms with E-state index in [1.807, 2.05) is 18.2 Å². The number of rotatable bonds is 4. The molecule has 0 bridgehead atoms. The molecule has 0 aliphatic carbocycles. The van der Waals surface area contributed by atoms with Crippen LogP contribution in [0.1, 0.15) is 36.4 Å². The van der Waals surface area contributed by atoms with Crippen molar-refractivity contribution in [2.75, 3.05) is 42.3 Å². The summed E-state index contributed by atoms with van der Waals surface area (Å²) in [6.07, 6.45) is 5.67. The number of anilines is 2. The second-order valence-corrected chi connectivity index (χ2v) is 9.89. The molecule has 158 valence electrons. The predicted octanol–water partition coefficient (Wildman–Crippen LogP) is 3.89. The molecule has 5 rings (SSSR count). The van der Waals surface area contributed by atoms with E-state index in [1.54, 1.807) is 0 Å². The van der Waals surface area contributed by atoms with Crippen LogP contribution in [0.15, 0.2) is 40.9 Å². The third kappa shape index (κ3) is 4.11. The first-order valence-electron chi connectivity index (χ1n) is 10.5. The Morgan fingerprint density at radius 2 is 2.07 bits per heavy atom. The Morgan fingerprint density at radius 3 is 2.83 bits per heavy atom. The average Bonchev–Trinajstić information content (AvgIpc) is 3.16. The summed E-state index contributed by atoms with van der Waals surface area (Å²) in [5.74, 6) is 2.58. The number of halogens is 1. The van der Waals surface area contributed by atoms with E-state index in [0.717, 1.165) is 66.0 Å². The number of nitrogens with zero attached hydrogens (tertiary/aromatic N) is 3. The molecule has 30 heavy (non-hydrogen) atoms. The van der Waals surface area contributed by atoms with Gasteiger partial charge in [-0.3, -0.25) is 4.21 Å². The molecule has 2 aromatic rings. The molecule has 0 amide bonds. The van der Waals surface area contributed by atoms with Crippen molar-refractivity contribution >= 4 is 34.2 Å². The van der Waals surface area contributed by atoms with E-state index in [4.69, 9.17) is 26.3 Å². The number of piperidine rings is 1. The lowest BCUT2D eigenvalue weighted by Crippen LogP contribution is -2.34. The van der Waals surface area contributed by atoms with Gasteiger partial charge in [0.05, 0.1) is 29.7 Å². The zero-order valence-electron chi connectivity index (χ0n) is 16.8. The number of hydrogen-bond donors (Lipinski definition) is 1. The van der Waals surface area contributed by atoms with Gasteiger partial charge in [0, 0.05) is 42.4 Å². The van der Waals surface area contributed by atoms with Gasteiger partial charge in [-0.1, -0.05) is 23.7 Å². The van der Waals surface area contributed by atoms with Crippen LogP contribution < -0.4 is 10.2 Å². The smallest absolute Gasteiger partial charge is 0.227 e. The molecule has 6 nitrogen and oxygen atoms in total. The van der Waals surface area contributed by atoms with E-state index in [2.05, 4.69) is 22.3 Å². The molecule has 0 radical (unpaired) electrons. The molecule has 1 N–H and O–H groups in total. The standard InChI is InChI=1S/C22H25ClN4O2S/c23-17-3-1-2-16(14-17)15-4-9-27(10-5-15)22-25-19-8-13-30(28)20(19)21(26-22)24-18-6-11-29-12-7-18/h1-3,6,14-15H,4-5,7-13H2,(H,24,25,26). The lowest BCUT2D eigenvalue weighted by atomic mass is 9.89. The second-order valence-electron chi connectivity index (χ2n) is 7.94. The van der Waals surface area contributed by atoms with Crippen LogP contribution in [-0.2, 0) is 22.0 Å². The molecular formula is C22H25ClN4O2S. The number of aromatic nitrogens is 2. The van der Waals surface area contributed by atoms with Crippen molar-refractivity contribution in [3.63, 3.8) is 0 Å². The molecule has 0 spiro atoms. The quantitative estimate of drug-likeness (QED) is 0.771. The molecule has 1 aromatic carbocycles. The molecule has 3 aliphatic rings. The first-order valence-corrected chi connectivity index (χ1v) is 12.2. The lowest BCUT2D eigenvalue weighted by molar-refractivity contribution is 0.155. The zero-order chi connectivity index (χ0) is 20.5. The SMILES string of the molecule is O=S1CCc2nc(N3CCC(c4cccc(Cl)c4)CC3)nc(NC3=CCOCC3)c21. The molecule has 1 aromatic heterocycles. The monoisotopic (exact) mass is 444 g/mol.